The Morgan fingerprint density at radius 1 is 1.00 bits per heavy atom. The Bertz CT molecular complexity index is 726. The number of para-hydroxylation sites is 1. The summed E-state index contributed by atoms with van der Waals surface area (Å²) in [4.78, 5) is 26.6. The molecule has 1 saturated heterocycles. The predicted octanol–water partition coefficient (Wildman–Crippen LogP) is 3.08. The fraction of sp³-hybridized carbons (Fsp3) is 0.333. The Kier molecular flexibility index (Phi) is 2.68. The number of amides is 2. The Morgan fingerprint density at radius 2 is 1.55 bits per heavy atom. The first kappa shape index (κ1) is 13.4. The van der Waals surface area contributed by atoms with E-state index in [1.54, 1.807) is 12.1 Å². The highest BCUT2D eigenvalue weighted by Crippen LogP contribution is 2.57. The van der Waals surface area contributed by atoms with Crippen molar-refractivity contribution >= 4 is 17.5 Å². The van der Waals surface area contributed by atoms with Gasteiger partial charge in [-0.1, -0.05) is 35.4 Å². The first-order valence-corrected chi connectivity index (χ1v) is 7.50. The standard InChI is InChI=1S/C18H16FNO2/c1-9(2)14-10-7-8-11(14)16-15(10)17(21)20(18(16)22)13-6-4-3-5-12(13)19/h3-8,10-11,15-16H,1-2H3/t10-,11-,15-,16+/m1/s1. The molecule has 2 amide bonds. The minimum absolute atomic E-state index is 0.00627. The van der Waals surface area contributed by atoms with E-state index in [0.29, 0.717) is 0 Å². The van der Waals surface area contributed by atoms with Gasteiger partial charge in [0.15, 0.2) is 0 Å². The molecule has 0 radical (unpaired) electrons. The molecule has 22 heavy (non-hydrogen) atoms. The van der Waals surface area contributed by atoms with Crippen molar-refractivity contribution in [1.82, 2.24) is 0 Å². The Labute approximate surface area is 128 Å². The van der Waals surface area contributed by atoms with E-state index in [9.17, 15) is 14.0 Å². The first-order chi connectivity index (χ1) is 10.5. The molecule has 4 rings (SSSR count). The van der Waals surface area contributed by atoms with Crippen molar-refractivity contribution in [3.63, 3.8) is 0 Å². The van der Waals surface area contributed by atoms with E-state index >= 15 is 0 Å². The molecule has 1 aromatic carbocycles. The van der Waals surface area contributed by atoms with Gasteiger partial charge in [-0.25, -0.2) is 9.29 Å². The molecule has 4 heteroatoms. The summed E-state index contributed by atoms with van der Waals surface area (Å²) in [5.74, 6) is -1.82. The van der Waals surface area contributed by atoms with Crippen LogP contribution in [0.15, 0.2) is 47.6 Å². The SMILES string of the molecule is CC(C)=C1[C@H]2C=C[C@H]1[C@H]1C(=O)N(c3ccccc3F)C(=O)[C@H]12. The molecule has 3 aliphatic rings. The lowest BCUT2D eigenvalue weighted by Gasteiger charge is -2.19. The highest BCUT2D eigenvalue weighted by Gasteiger charge is 2.62. The molecule has 1 aromatic rings. The van der Waals surface area contributed by atoms with E-state index in [2.05, 4.69) is 0 Å². The van der Waals surface area contributed by atoms with Crippen LogP contribution < -0.4 is 4.90 Å². The first-order valence-electron chi connectivity index (χ1n) is 7.50. The maximum absolute atomic E-state index is 14.0. The van der Waals surface area contributed by atoms with Crippen LogP contribution in [0.4, 0.5) is 10.1 Å². The zero-order valence-electron chi connectivity index (χ0n) is 12.4. The molecular formula is C18H16FNO2. The lowest BCUT2D eigenvalue weighted by molar-refractivity contribution is -0.123. The molecule has 2 bridgehead atoms. The van der Waals surface area contributed by atoms with Crippen molar-refractivity contribution < 1.29 is 14.0 Å². The third-order valence-corrected chi connectivity index (χ3v) is 5.09. The minimum atomic E-state index is -0.535. The van der Waals surface area contributed by atoms with Crippen LogP contribution in [0.5, 0.6) is 0 Å². The predicted molar refractivity (Wildman–Crippen MR) is 80.4 cm³/mol. The van der Waals surface area contributed by atoms with E-state index < -0.39 is 5.82 Å². The molecule has 1 saturated carbocycles. The molecule has 2 aliphatic carbocycles. The number of carbonyl (C=O) groups excluding carboxylic acids is 2. The Morgan fingerprint density at radius 3 is 2.05 bits per heavy atom. The van der Waals surface area contributed by atoms with Crippen molar-refractivity contribution in [2.75, 3.05) is 4.90 Å². The van der Waals surface area contributed by atoms with E-state index in [0.717, 1.165) is 4.90 Å². The number of nitrogens with zero attached hydrogens (tertiary/aromatic N) is 1. The van der Waals surface area contributed by atoms with Gasteiger partial charge in [-0.2, -0.15) is 0 Å². The van der Waals surface area contributed by atoms with Gasteiger partial charge in [0, 0.05) is 11.8 Å². The summed E-state index contributed by atoms with van der Waals surface area (Å²) in [5, 5.41) is 0. The number of benzene rings is 1. The number of allylic oxidation sites excluding steroid dienone is 4. The quantitative estimate of drug-likeness (QED) is 0.590. The van der Waals surface area contributed by atoms with Crippen molar-refractivity contribution in [1.29, 1.82) is 0 Å². The van der Waals surface area contributed by atoms with Gasteiger partial charge in [-0.05, 0) is 26.0 Å². The van der Waals surface area contributed by atoms with Gasteiger partial charge in [0.25, 0.3) is 0 Å². The normalized spacial score (nSPS) is 32.1. The summed E-state index contributed by atoms with van der Waals surface area (Å²) in [6.07, 6.45) is 4.06. The summed E-state index contributed by atoms with van der Waals surface area (Å²) >= 11 is 0. The second-order valence-corrected chi connectivity index (χ2v) is 6.41. The largest absolute Gasteiger partial charge is 0.274 e. The van der Waals surface area contributed by atoms with Crippen LogP contribution in [0, 0.1) is 29.5 Å². The van der Waals surface area contributed by atoms with E-state index in [-0.39, 0.29) is 41.2 Å². The lowest BCUT2D eigenvalue weighted by Crippen LogP contribution is -2.33. The van der Waals surface area contributed by atoms with Crippen LogP contribution in [0.3, 0.4) is 0 Å². The summed E-state index contributed by atoms with van der Waals surface area (Å²) < 4.78 is 14.0. The van der Waals surface area contributed by atoms with Gasteiger partial charge in [0.1, 0.15) is 5.82 Å². The average Bonchev–Trinajstić information content (AvgIpc) is 3.11. The number of anilines is 1. The minimum Gasteiger partial charge on any atom is -0.274 e. The Hall–Kier alpha value is -2.23. The second-order valence-electron chi connectivity index (χ2n) is 6.41. The molecule has 1 heterocycles. The lowest BCUT2D eigenvalue weighted by atomic mass is 9.85. The number of hydrogen-bond donors (Lipinski definition) is 0. The highest BCUT2D eigenvalue weighted by atomic mass is 19.1. The number of rotatable bonds is 1. The monoisotopic (exact) mass is 297 g/mol. The molecule has 0 N–H and O–H groups in total. The van der Waals surface area contributed by atoms with Crippen LogP contribution in [0.25, 0.3) is 0 Å². The second kappa shape index (κ2) is 4.38. The summed E-state index contributed by atoms with van der Waals surface area (Å²) in [6, 6.07) is 5.96. The fourth-order valence-corrected chi connectivity index (χ4v) is 4.30. The molecule has 0 unspecified atom stereocenters. The molecule has 0 spiro atoms. The van der Waals surface area contributed by atoms with Crippen LogP contribution in [0.2, 0.25) is 0 Å². The maximum atomic E-state index is 14.0. The number of hydrogen-bond acceptors (Lipinski definition) is 2. The number of imide groups is 1. The summed E-state index contributed by atoms with van der Waals surface area (Å²) in [7, 11) is 0. The number of fused-ring (bicyclic) bond motifs is 5. The fourth-order valence-electron chi connectivity index (χ4n) is 4.30. The molecule has 3 nitrogen and oxygen atoms in total. The topological polar surface area (TPSA) is 37.4 Å². The molecule has 0 aromatic heterocycles. The number of halogens is 1. The van der Waals surface area contributed by atoms with Gasteiger partial charge in [-0.15, -0.1) is 0 Å². The van der Waals surface area contributed by atoms with Crippen molar-refractivity contribution in [3.05, 3.63) is 53.4 Å². The van der Waals surface area contributed by atoms with Crippen molar-refractivity contribution in [2.45, 2.75) is 13.8 Å². The van der Waals surface area contributed by atoms with Crippen LogP contribution in [-0.4, -0.2) is 11.8 Å². The van der Waals surface area contributed by atoms with Gasteiger partial charge < -0.3 is 0 Å². The molecule has 112 valence electrons. The third kappa shape index (κ3) is 1.50. The molecule has 1 aliphatic heterocycles. The molecular weight excluding hydrogens is 281 g/mol. The average molecular weight is 297 g/mol. The summed E-state index contributed by atoms with van der Waals surface area (Å²) in [6.45, 7) is 4.04. The van der Waals surface area contributed by atoms with E-state index in [4.69, 9.17) is 0 Å². The highest BCUT2D eigenvalue weighted by molar-refractivity contribution is 6.23. The summed E-state index contributed by atoms with van der Waals surface area (Å²) in [5.41, 5.74) is 2.45. The zero-order chi connectivity index (χ0) is 15.6. The van der Waals surface area contributed by atoms with Crippen LogP contribution in [0.1, 0.15) is 13.8 Å². The third-order valence-electron chi connectivity index (χ3n) is 5.09. The van der Waals surface area contributed by atoms with E-state index in [1.165, 1.54) is 23.3 Å². The van der Waals surface area contributed by atoms with Gasteiger partial charge >= 0.3 is 0 Å². The van der Waals surface area contributed by atoms with Crippen LogP contribution >= 0.6 is 0 Å². The maximum Gasteiger partial charge on any atom is 0.238 e. The van der Waals surface area contributed by atoms with E-state index in [1.807, 2.05) is 26.0 Å². The zero-order valence-corrected chi connectivity index (χ0v) is 12.4. The van der Waals surface area contributed by atoms with Gasteiger partial charge in [0.05, 0.1) is 17.5 Å². The van der Waals surface area contributed by atoms with Crippen molar-refractivity contribution in [2.24, 2.45) is 23.7 Å². The number of carbonyl (C=O) groups is 2. The van der Waals surface area contributed by atoms with Crippen molar-refractivity contribution in [3.8, 4) is 0 Å². The van der Waals surface area contributed by atoms with Crippen LogP contribution in [-0.2, 0) is 9.59 Å². The molecule has 4 atom stereocenters. The molecule has 2 fully saturated rings. The smallest absolute Gasteiger partial charge is 0.238 e. The van der Waals surface area contributed by atoms with Gasteiger partial charge in [0.2, 0.25) is 11.8 Å². The van der Waals surface area contributed by atoms with Gasteiger partial charge in [-0.3, -0.25) is 9.59 Å². The Balaban J connectivity index is 1.80.